The van der Waals surface area contributed by atoms with Gasteiger partial charge in [-0.05, 0) is 35.9 Å². The number of amides is 2. The third kappa shape index (κ3) is 4.42. The molecule has 134 valence electrons. The van der Waals surface area contributed by atoms with E-state index in [1.807, 2.05) is 0 Å². The van der Waals surface area contributed by atoms with E-state index in [4.69, 9.17) is 9.47 Å². The lowest BCUT2D eigenvalue weighted by molar-refractivity contribution is -0.111. The van der Waals surface area contributed by atoms with Crippen molar-refractivity contribution in [3.05, 3.63) is 59.7 Å². The molecule has 1 aliphatic rings. The molecular formula is C20H20N2O4. The molecule has 0 saturated heterocycles. The number of fused-ring (bicyclic) bond motifs is 1. The Morgan fingerprint density at radius 1 is 1.00 bits per heavy atom. The maximum atomic E-state index is 12.1. The Labute approximate surface area is 151 Å². The standard InChI is InChI=1S/C20H20N2O4/c1-21-20(24)15-6-3-14(4-7-15)5-10-19(23)22-16-8-9-17-18(13-16)26-12-2-11-25-17/h3-10,13H,2,11-12H2,1H3,(H,21,24)(H,22,23)/b10-5+. The van der Waals surface area contributed by atoms with Gasteiger partial charge in [-0.2, -0.15) is 0 Å². The summed E-state index contributed by atoms with van der Waals surface area (Å²) in [4.78, 5) is 23.6. The summed E-state index contributed by atoms with van der Waals surface area (Å²) < 4.78 is 11.2. The Bertz CT molecular complexity index is 828. The van der Waals surface area contributed by atoms with Crippen molar-refractivity contribution in [2.75, 3.05) is 25.6 Å². The van der Waals surface area contributed by atoms with Gasteiger partial charge in [0.2, 0.25) is 5.91 Å². The van der Waals surface area contributed by atoms with Gasteiger partial charge in [-0.3, -0.25) is 9.59 Å². The van der Waals surface area contributed by atoms with Gasteiger partial charge < -0.3 is 20.1 Å². The topological polar surface area (TPSA) is 76.7 Å². The smallest absolute Gasteiger partial charge is 0.251 e. The van der Waals surface area contributed by atoms with Crippen LogP contribution >= 0.6 is 0 Å². The number of rotatable bonds is 4. The first-order valence-corrected chi connectivity index (χ1v) is 8.36. The van der Waals surface area contributed by atoms with Crippen LogP contribution in [-0.2, 0) is 4.79 Å². The summed E-state index contributed by atoms with van der Waals surface area (Å²) in [6.45, 7) is 1.22. The summed E-state index contributed by atoms with van der Waals surface area (Å²) >= 11 is 0. The summed E-state index contributed by atoms with van der Waals surface area (Å²) in [7, 11) is 1.58. The van der Waals surface area contributed by atoms with Crippen LogP contribution in [0.15, 0.2) is 48.5 Å². The normalized spacial score (nSPS) is 13.1. The maximum absolute atomic E-state index is 12.1. The zero-order valence-corrected chi connectivity index (χ0v) is 14.5. The zero-order valence-electron chi connectivity index (χ0n) is 14.5. The highest BCUT2D eigenvalue weighted by Crippen LogP contribution is 2.32. The van der Waals surface area contributed by atoms with Gasteiger partial charge in [-0.1, -0.05) is 12.1 Å². The first kappa shape index (κ1) is 17.5. The molecule has 0 spiro atoms. The van der Waals surface area contributed by atoms with Crippen LogP contribution < -0.4 is 20.1 Å². The number of carbonyl (C=O) groups is 2. The number of hydrogen-bond acceptors (Lipinski definition) is 4. The predicted octanol–water partition coefficient (Wildman–Crippen LogP) is 2.86. The van der Waals surface area contributed by atoms with E-state index in [2.05, 4.69) is 10.6 Å². The summed E-state index contributed by atoms with van der Waals surface area (Å²) in [6.07, 6.45) is 3.96. The minimum Gasteiger partial charge on any atom is -0.490 e. The van der Waals surface area contributed by atoms with Crippen molar-refractivity contribution in [2.24, 2.45) is 0 Å². The molecular weight excluding hydrogens is 332 g/mol. The molecule has 0 saturated carbocycles. The molecule has 0 aliphatic carbocycles. The van der Waals surface area contributed by atoms with Crippen LogP contribution in [-0.4, -0.2) is 32.1 Å². The number of nitrogens with one attached hydrogen (secondary N) is 2. The molecule has 1 heterocycles. The van der Waals surface area contributed by atoms with Gasteiger partial charge in [0.25, 0.3) is 5.91 Å². The Balaban J connectivity index is 1.62. The quantitative estimate of drug-likeness (QED) is 0.830. The minimum absolute atomic E-state index is 0.146. The average Bonchev–Trinajstić information content (AvgIpc) is 2.91. The van der Waals surface area contributed by atoms with E-state index < -0.39 is 0 Å². The fourth-order valence-corrected chi connectivity index (χ4v) is 2.49. The Kier molecular flexibility index (Phi) is 5.53. The molecule has 6 heteroatoms. The lowest BCUT2D eigenvalue weighted by Gasteiger charge is -2.09. The molecule has 0 fully saturated rings. The predicted molar refractivity (Wildman–Crippen MR) is 99.5 cm³/mol. The van der Waals surface area contributed by atoms with Crippen LogP contribution in [0.1, 0.15) is 22.3 Å². The SMILES string of the molecule is CNC(=O)c1ccc(/C=C/C(=O)Nc2ccc3c(c2)OCCCO3)cc1. The highest BCUT2D eigenvalue weighted by molar-refractivity contribution is 6.02. The molecule has 0 radical (unpaired) electrons. The molecule has 26 heavy (non-hydrogen) atoms. The van der Waals surface area contributed by atoms with Crippen molar-refractivity contribution < 1.29 is 19.1 Å². The maximum Gasteiger partial charge on any atom is 0.251 e. The molecule has 0 aromatic heterocycles. The monoisotopic (exact) mass is 352 g/mol. The first-order chi connectivity index (χ1) is 12.7. The first-order valence-electron chi connectivity index (χ1n) is 8.36. The second kappa shape index (κ2) is 8.20. The van der Waals surface area contributed by atoms with E-state index in [0.717, 1.165) is 12.0 Å². The van der Waals surface area contributed by atoms with E-state index in [-0.39, 0.29) is 11.8 Å². The van der Waals surface area contributed by atoms with Crippen molar-refractivity contribution >= 4 is 23.6 Å². The van der Waals surface area contributed by atoms with Gasteiger partial charge in [0, 0.05) is 36.9 Å². The van der Waals surface area contributed by atoms with Crippen LogP contribution in [0.3, 0.4) is 0 Å². The summed E-state index contributed by atoms with van der Waals surface area (Å²) in [5.41, 5.74) is 2.03. The zero-order chi connectivity index (χ0) is 18.4. The van der Waals surface area contributed by atoms with Crippen molar-refractivity contribution in [1.82, 2.24) is 5.32 Å². The molecule has 6 nitrogen and oxygen atoms in total. The third-order valence-electron chi connectivity index (χ3n) is 3.84. The van der Waals surface area contributed by atoms with Gasteiger partial charge in [-0.25, -0.2) is 0 Å². The van der Waals surface area contributed by atoms with E-state index >= 15 is 0 Å². The molecule has 0 unspecified atom stereocenters. The lowest BCUT2D eigenvalue weighted by Crippen LogP contribution is -2.17. The van der Waals surface area contributed by atoms with Crippen molar-refractivity contribution in [3.63, 3.8) is 0 Å². The molecule has 1 aliphatic heterocycles. The number of benzene rings is 2. The molecule has 0 bridgehead atoms. The number of hydrogen-bond donors (Lipinski definition) is 2. The molecule has 2 amide bonds. The molecule has 0 atom stereocenters. The van der Waals surface area contributed by atoms with Gasteiger partial charge >= 0.3 is 0 Å². The number of carbonyl (C=O) groups excluding carboxylic acids is 2. The highest BCUT2D eigenvalue weighted by atomic mass is 16.5. The number of ether oxygens (including phenoxy) is 2. The van der Waals surface area contributed by atoms with Crippen LogP contribution in [0, 0.1) is 0 Å². The lowest BCUT2D eigenvalue weighted by atomic mass is 10.1. The highest BCUT2D eigenvalue weighted by Gasteiger charge is 2.11. The van der Waals surface area contributed by atoms with Gasteiger partial charge in [0.1, 0.15) is 0 Å². The van der Waals surface area contributed by atoms with Crippen molar-refractivity contribution in [3.8, 4) is 11.5 Å². The third-order valence-corrected chi connectivity index (χ3v) is 3.84. The van der Waals surface area contributed by atoms with Crippen LogP contribution in [0.25, 0.3) is 6.08 Å². The van der Waals surface area contributed by atoms with Gasteiger partial charge in [0.05, 0.1) is 13.2 Å². The molecule has 3 rings (SSSR count). The Hall–Kier alpha value is -3.28. The van der Waals surface area contributed by atoms with E-state index in [1.54, 1.807) is 55.6 Å². The molecule has 2 aromatic rings. The Morgan fingerprint density at radius 3 is 2.46 bits per heavy atom. The average molecular weight is 352 g/mol. The van der Waals surface area contributed by atoms with Gasteiger partial charge in [0.15, 0.2) is 11.5 Å². The molecule has 2 aromatic carbocycles. The van der Waals surface area contributed by atoms with E-state index in [9.17, 15) is 9.59 Å². The minimum atomic E-state index is -0.255. The summed E-state index contributed by atoms with van der Waals surface area (Å²) in [6, 6.07) is 12.3. The summed E-state index contributed by atoms with van der Waals surface area (Å²) in [5, 5.41) is 5.36. The molecule has 2 N–H and O–H groups in total. The van der Waals surface area contributed by atoms with Crippen molar-refractivity contribution in [1.29, 1.82) is 0 Å². The largest absolute Gasteiger partial charge is 0.490 e. The fourth-order valence-electron chi connectivity index (χ4n) is 2.49. The number of anilines is 1. The van der Waals surface area contributed by atoms with Crippen LogP contribution in [0.5, 0.6) is 11.5 Å². The second-order valence-electron chi connectivity index (χ2n) is 5.74. The van der Waals surface area contributed by atoms with E-state index in [1.165, 1.54) is 6.08 Å². The van der Waals surface area contributed by atoms with Crippen molar-refractivity contribution in [2.45, 2.75) is 6.42 Å². The second-order valence-corrected chi connectivity index (χ2v) is 5.74. The fraction of sp³-hybridized carbons (Fsp3) is 0.200. The van der Waals surface area contributed by atoms with E-state index in [0.29, 0.717) is 36.0 Å². The van der Waals surface area contributed by atoms with Crippen LogP contribution in [0.2, 0.25) is 0 Å². The van der Waals surface area contributed by atoms with Gasteiger partial charge in [-0.15, -0.1) is 0 Å². The van der Waals surface area contributed by atoms with Crippen LogP contribution in [0.4, 0.5) is 5.69 Å². The summed E-state index contributed by atoms with van der Waals surface area (Å²) in [5.74, 6) is 0.920. The Morgan fingerprint density at radius 2 is 1.73 bits per heavy atom.